The topological polar surface area (TPSA) is 69.0 Å². The number of alkyl halides is 3. The molecule has 0 aliphatic carbocycles. The number of carbonyl (C=O) groups excluding carboxylic acids is 1. The maximum atomic E-state index is 14.0. The first-order valence-electron chi connectivity index (χ1n) is 9.96. The fraction of sp³-hybridized carbons (Fsp3) is 0.0870. The van der Waals surface area contributed by atoms with Gasteiger partial charge in [-0.15, -0.1) is 0 Å². The lowest BCUT2D eigenvalue weighted by Gasteiger charge is -2.12. The fourth-order valence-electron chi connectivity index (χ4n) is 3.12. The van der Waals surface area contributed by atoms with Gasteiger partial charge in [0.15, 0.2) is 23.2 Å². The van der Waals surface area contributed by atoms with Gasteiger partial charge in [-0.2, -0.15) is 18.3 Å². The van der Waals surface area contributed by atoms with E-state index in [1.165, 1.54) is 30.3 Å². The Morgan fingerprint density at radius 2 is 1.72 bits per heavy atom. The highest BCUT2D eigenvalue weighted by atomic mass is 79.9. The molecular weight excluding hydrogens is 575 g/mol. The van der Waals surface area contributed by atoms with Gasteiger partial charge in [-0.3, -0.25) is 4.79 Å². The van der Waals surface area contributed by atoms with Crippen LogP contribution >= 0.6 is 27.5 Å². The van der Waals surface area contributed by atoms with Crippen LogP contribution in [0.5, 0.6) is 11.5 Å². The number of hydrogen-bond donors (Lipinski definition) is 1. The standard InChI is InChI=1S/C23H13BrClF5N4O2/c1-11-6-16(26)20(17(27)7-11)36-14-4-2-13(3-5-14)32-22(35)18-9-19(24)33-34(18)21-15(25)8-12(10-31-21)23(28,29)30/h2-10H,1H3,(H,32,35). The van der Waals surface area contributed by atoms with Gasteiger partial charge >= 0.3 is 6.18 Å². The molecule has 36 heavy (non-hydrogen) atoms. The first-order valence-corrected chi connectivity index (χ1v) is 11.1. The SMILES string of the molecule is Cc1cc(F)c(Oc2ccc(NC(=O)c3cc(Br)nn3-c3ncc(C(F)(F)F)cc3Cl)cc2)c(F)c1. The molecule has 13 heteroatoms. The summed E-state index contributed by atoms with van der Waals surface area (Å²) in [5.74, 6) is -3.05. The monoisotopic (exact) mass is 586 g/mol. The maximum absolute atomic E-state index is 14.0. The van der Waals surface area contributed by atoms with Crippen molar-refractivity contribution in [1.29, 1.82) is 0 Å². The lowest BCUT2D eigenvalue weighted by molar-refractivity contribution is -0.137. The van der Waals surface area contributed by atoms with Crippen molar-refractivity contribution in [2.75, 3.05) is 5.32 Å². The second-order valence-corrected chi connectivity index (χ2v) is 8.65. The Bertz CT molecular complexity index is 1440. The molecule has 2 aromatic carbocycles. The third kappa shape index (κ3) is 5.49. The minimum atomic E-state index is -4.65. The van der Waals surface area contributed by atoms with Gasteiger partial charge in [-0.05, 0) is 70.9 Å². The average Bonchev–Trinajstić information content (AvgIpc) is 3.18. The van der Waals surface area contributed by atoms with Crippen LogP contribution in [-0.2, 0) is 6.18 Å². The van der Waals surface area contributed by atoms with Gasteiger partial charge in [0.25, 0.3) is 5.91 Å². The zero-order valence-corrected chi connectivity index (χ0v) is 20.3. The summed E-state index contributed by atoms with van der Waals surface area (Å²) in [5, 5.41) is 6.25. The molecule has 4 rings (SSSR count). The summed E-state index contributed by atoms with van der Waals surface area (Å²) in [6.45, 7) is 1.54. The molecule has 2 aromatic heterocycles. The van der Waals surface area contributed by atoms with Gasteiger partial charge in [-0.1, -0.05) is 11.6 Å². The van der Waals surface area contributed by atoms with Gasteiger partial charge in [0.05, 0.1) is 10.6 Å². The third-order valence-corrected chi connectivity index (χ3v) is 5.40. The number of aryl methyl sites for hydroxylation is 1. The minimum absolute atomic E-state index is 0.0832. The van der Waals surface area contributed by atoms with E-state index in [9.17, 15) is 26.7 Å². The van der Waals surface area contributed by atoms with Gasteiger partial charge in [0.2, 0.25) is 0 Å². The largest absolute Gasteiger partial charge is 0.451 e. The summed E-state index contributed by atoms with van der Waals surface area (Å²) >= 11 is 9.11. The van der Waals surface area contributed by atoms with E-state index in [0.29, 0.717) is 17.8 Å². The smallest absolute Gasteiger partial charge is 0.417 e. The highest BCUT2D eigenvalue weighted by Crippen LogP contribution is 2.33. The second kappa shape index (κ2) is 9.86. The number of halogens is 7. The molecule has 4 aromatic rings. The molecule has 0 fully saturated rings. The van der Waals surface area contributed by atoms with E-state index in [-0.39, 0.29) is 32.6 Å². The molecule has 6 nitrogen and oxygen atoms in total. The van der Waals surface area contributed by atoms with Gasteiger partial charge in [0, 0.05) is 18.0 Å². The first-order chi connectivity index (χ1) is 16.9. The number of carbonyl (C=O) groups is 1. The van der Waals surface area contributed by atoms with E-state index in [1.54, 1.807) is 6.92 Å². The molecule has 0 spiro atoms. The van der Waals surface area contributed by atoms with Crippen LogP contribution in [0.15, 0.2) is 59.3 Å². The summed E-state index contributed by atoms with van der Waals surface area (Å²) in [4.78, 5) is 16.6. The Balaban J connectivity index is 1.54. The highest BCUT2D eigenvalue weighted by Gasteiger charge is 2.32. The number of aromatic nitrogens is 3. The number of hydrogen-bond acceptors (Lipinski definition) is 4. The number of nitrogens with one attached hydrogen (secondary N) is 1. The van der Waals surface area contributed by atoms with E-state index in [0.717, 1.165) is 16.8 Å². The van der Waals surface area contributed by atoms with Crippen LogP contribution < -0.4 is 10.1 Å². The molecular formula is C23H13BrClF5N4O2. The number of pyridine rings is 1. The predicted molar refractivity (Wildman–Crippen MR) is 125 cm³/mol. The number of anilines is 1. The van der Waals surface area contributed by atoms with Gasteiger partial charge < -0.3 is 10.1 Å². The molecule has 186 valence electrons. The Kier molecular flexibility index (Phi) is 7.01. The Hall–Kier alpha value is -3.51. The van der Waals surface area contributed by atoms with Crippen molar-refractivity contribution in [3.63, 3.8) is 0 Å². The third-order valence-electron chi connectivity index (χ3n) is 4.74. The summed E-state index contributed by atoms with van der Waals surface area (Å²) in [7, 11) is 0. The fourth-order valence-corrected chi connectivity index (χ4v) is 3.74. The molecule has 1 N–H and O–H groups in total. The zero-order valence-electron chi connectivity index (χ0n) is 18.0. The van der Waals surface area contributed by atoms with Crippen molar-refractivity contribution < 1.29 is 31.5 Å². The van der Waals surface area contributed by atoms with E-state index in [2.05, 4.69) is 31.3 Å². The van der Waals surface area contributed by atoms with Gasteiger partial charge in [0.1, 0.15) is 16.0 Å². The molecule has 0 bridgehead atoms. The number of amides is 1. The highest BCUT2D eigenvalue weighted by molar-refractivity contribution is 9.10. The second-order valence-electron chi connectivity index (χ2n) is 7.43. The lowest BCUT2D eigenvalue weighted by Crippen LogP contribution is -2.18. The zero-order chi connectivity index (χ0) is 26.2. The van der Waals surface area contributed by atoms with E-state index in [1.807, 2.05) is 0 Å². The Morgan fingerprint density at radius 3 is 2.31 bits per heavy atom. The Morgan fingerprint density at radius 1 is 1.08 bits per heavy atom. The van der Waals surface area contributed by atoms with Crippen molar-refractivity contribution in [3.05, 3.63) is 92.8 Å². The van der Waals surface area contributed by atoms with Crippen molar-refractivity contribution in [1.82, 2.24) is 14.8 Å². The van der Waals surface area contributed by atoms with Crippen LogP contribution in [-0.4, -0.2) is 20.7 Å². The average molecular weight is 588 g/mol. The number of nitrogens with zero attached hydrogens (tertiary/aromatic N) is 3. The van der Waals surface area contributed by atoms with Crippen LogP contribution in [0.1, 0.15) is 21.6 Å². The molecule has 1 amide bonds. The van der Waals surface area contributed by atoms with E-state index < -0.39 is 35.0 Å². The summed E-state index contributed by atoms with van der Waals surface area (Å²) in [6, 6.07) is 9.89. The van der Waals surface area contributed by atoms with Crippen LogP contribution in [0, 0.1) is 18.6 Å². The number of ether oxygens (including phenoxy) is 1. The van der Waals surface area contributed by atoms with Crippen LogP contribution in [0.25, 0.3) is 5.82 Å². The quantitative estimate of drug-likeness (QED) is 0.248. The lowest BCUT2D eigenvalue weighted by atomic mass is 10.2. The van der Waals surface area contributed by atoms with E-state index >= 15 is 0 Å². The normalized spacial score (nSPS) is 11.4. The molecule has 0 aliphatic heterocycles. The molecule has 0 saturated heterocycles. The van der Waals surface area contributed by atoms with Crippen molar-refractivity contribution in [2.24, 2.45) is 0 Å². The molecule has 0 saturated carbocycles. The molecule has 0 radical (unpaired) electrons. The first kappa shape index (κ1) is 25.6. The summed E-state index contributed by atoms with van der Waals surface area (Å²) in [6.07, 6.45) is -4.07. The van der Waals surface area contributed by atoms with Crippen LogP contribution in [0.2, 0.25) is 5.02 Å². The van der Waals surface area contributed by atoms with E-state index in [4.69, 9.17) is 16.3 Å². The van der Waals surface area contributed by atoms with Gasteiger partial charge in [-0.25, -0.2) is 18.4 Å². The van der Waals surface area contributed by atoms with Crippen molar-refractivity contribution >= 4 is 39.1 Å². The summed E-state index contributed by atoms with van der Waals surface area (Å²) < 4.78 is 73.3. The van der Waals surface area contributed by atoms with Crippen molar-refractivity contribution in [2.45, 2.75) is 13.1 Å². The molecule has 0 atom stereocenters. The number of rotatable bonds is 5. The molecule has 0 unspecified atom stereocenters. The van der Waals surface area contributed by atoms with Crippen LogP contribution in [0.3, 0.4) is 0 Å². The molecule has 0 aliphatic rings. The molecule has 2 heterocycles. The predicted octanol–water partition coefficient (Wildman–Crippen LogP) is 7.33. The van der Waals surface area contributed by atoms with Crippen molar-refractivity contribution in [3.8, 4) is 17.3 Å². The van der Waals surface area contributed by atoms with Crippen LogP contribution in [0.4, 0.5) is 27.6 Å². The number of benzene rings is 2. The maximum Gasteiger partial charge on any atom is 0.417 e. The summed E-state index contributed by atoms with van der Waals surface area (Å²) in [5.41, 5.74) is -0.456. The Labute approximate surface area is 213 Å². The minimum Gasteiger partial charge on any atom is -0.451 e.